The van der Waals surface area contributed by atoms with E-state index in [0.717, 1.165) is 5.56 Å². The summed E-state index contributed by atoms with van der Waals surface area (Å²) in [6.45, 7) is 0.189. The number of piperidine rings is 1. The van der Waals surface area contributed by atoms with Gasteiger partial charge in [0.05, 0.1) is 38.9 Å². The van der Waals surface area contributed by atoms with E-state index in [1.807, 2.05) is 42.5 Å². The maximum Gasteiger partial charge on any atom is 0.311 e. The third-order valence-electron chi connectivity index (χ3n) is 5.39. The van der Waals surface area contributed by atoms with Crippen LogP contribution in [0.25, 0.3) is 0 Å². The second-order valence-corrected chi connectivity index (χ2v) is 7.25. The number of methoxy groups -OCH3 is 2. The number of unbranched alkanes of at least 4 members (excludes halogenated alkanes) is 1. The summed E-state index contributed by atoms with van der Waals surface area (Å²) in [6.07, 6.45) is 1.47. The van der Waals surface area contributed by atoms with Gasteiger partial charge in [-0.2, -0.15) is 5.26 Å². The molecule has 3 rings (SSSR count). The molecule has 0 N–H and O–H groups in total. The highest BCUT2D eigenvalue weighted by Gasteiger charge is 2.42. The summed E-state index contributed by atoms with van der Waals surface area (Å²) in [6, 6.07) is 16.1. The molecule has 31 heavy (non-hydrogen) atoms. The molecule has 1 fully saturated rings. The van der Waals surface area contributed by atoms with Crippen molar-refractivity contribution >= 4 is 17.6 Å². The lowest BCUT2D eigenvalue weighted by atomic mass is 9.83. The van der Waals surface area contributed by atoms with Gasteiger partial charge in [-0.15, -0.1) is 0 Å². The smallest absolute Gasteiger partial charge is 0.311 e. The fraction of sp³-hybridized carbons (Fsp3) is 0.375. The number of amides is 1. The summed E-state index contributed by atoms with van der Waals surface area (Å²) in [5.41, 5.74) is 1.51. The van der Waals surface area contributed by atoms with Gasteiger partial charge < -0.3 is 19.1 Å². The Balaban J connectivity index is 1.95. The van der Waals surface area contributed by atoms with Gasteiger partial charge in [0, 0.05) is 18.5 Å². The third kappa shape index (κ3) is 5.15. The van der Waals surface area contributed by atoms with Crippen molar-refractivity contribution in [1.82, 2.24) is 0 Å². The molecule has 0 saturated carbocycles. The van der Waals surface area contributed by atoms with Crippen molar-refractivity contribution < 1.29 is 23.8 Å². The first-order valence-corrected chi connectivity index (χ1v) is 10.2. The van der Waals surface area contributed by atoms with Crippen LogP contribution < -0.4 is 14.4 Å². The molecule has 2 unspecified atom stereocenters. The van der Waals surface area contributed by atoms with Crippen molar-refractivity contribution in [3.8, 4) is 17.6 Å². The number of benzene rings is 2. The molecular weight excluding hydrogens is 396 g/mol. The molecule has 1 aliphatic rings. The highest BCUT2D eigenvalue weighted by Crippen LogP contribution is 2.41. The average Bonchev–Trinajstić information content (AvgIpc) is 2.81. The summed E-state index contributed by atoms with van der Waals surface area (Å²) in [4.78, 5) is 27.6. The van der Waals surface area contributed by atoms with Crippen molar-refractivity contribution in [3.63, 3.8) is 0 Å². The Morgan fingerprint density at radius 3 is 2.26 bits per heavy atom. The number of esters is 1. The molecule has 2 aromatic carbocycles. The fourth-order valence-corrected chi connectivity index (χ4v) is 3.80. The van der Waals surface area contributed by atoms with Gasteiger partial charge in [0.15, 0.2) is 0 Å². The molecule has 2 aromatic rings. The first-order valence-electron chi connectivity index (χ1n) is 10.2. The predicted octanol–water partition coefficient (Wildman–Crippen LogP) is 4.04. The molecule has 1 amide bonds. The quantitative estimate of drug-likeness (QED) is 0.471. The van der Waals surface area contributed by atoms with Gasteiger partial charge >= 0.3 is 5.97 Å². The fourth-order valence-electron chi connectivity index (χ4n) is 3.80. The topological polar surface area (TPSA) is 88.9 Å². The van der Waals surface area contributed by atoms with E-state index in [0.29, 0.717) is 36.4 Å². The van der Waals surface area contributed by atoms with Gasteiger partial charge in [-0.25, -0.2) is 0 Å². The Morgan fingerprint density at radius 2 is 1.68 bits per heavy atom. The average molecular weight is 422 g/mol. The molecule has 7 nitrogen and oxygen atoms in total. The second-order valence-electron chi connectivity index (χ2n) is 7.25. The van der Waals surface area contributed by atoms with Crippen molar-refractivity contribution in [1.29, 1.82) is 5.26 Å². The monoisotopic (exact) mass is 422 g/mol. The summed E-state index contributed by atoms with van der Waals surface area (Å²) in [5.74, 6) is 0.444. The van der Waals surface area contributed by atoms with Crippen LogP contribution >= 0.6 is 0 Å². The van der Waals surface area contributed by atoms with E-state index < -0.39 is 12.0 Å². The molecular formula is C24H26N2O5. The van der Waals surface area contributed by atoms with Crippen molar-refractivity contribution in [3.05, 3.63) is 54.1 Å². The van der Waals surface area contributed by atoms with Crippen LogP contribution in [-0.2, 0) is 14.3 Å². The Kier molecular flexibility index (Phi) is 7.50. The highest BCUT2D eigenvalue weighted by molar-refractivity contribution is 5.97. The first-order chi connectivity index (χ1) is 15.1. The van der Waals surface area contributed by atoms with Crippen molar-refractivity contribution in [2.24, 2.45) is 5.92 Å². The van der Waals surface area contributed by atoms with Crippen LogP contribution in [-0.4, -0.2) is 32.7 Å². The molecule has 0 radical (unpaired) electrons. The summed E-state index contributed by atoms with van der Waals surface area (Å²) >= 11 is 0. The lowest BCUT2D eigenvalue weighted by Gasteiger charge is -2.40. The minimum absolute atomic E-state index is 0.0560. The molecule has 0 spiro atoms. The Labute approximate surface area is 182 Å². The molecule has 0 aliphatic carbocycles. The van der Waals surface area contributed by atoms with Gasteiger partial charge in [0.1, 0.15) is 11.5 Å². The van der Waals surface area contributed by atoms with E-state index >= 15 is 0 Å². The van der Waals surface area contributed by atoms with Crippen LogP contribution in [0.3, 0.4) is 0 Å². The van der Waals surface area contributed by atoms with E-state index in [9.17, 15) is 9.59 Å². The molecule has 1 saturated heterocycles. The normalized spacial score (nSPS) is 18.2. The maximum absolute atomic E-state index is 13.0. The number of hydrogen-bond donors (Lipinski definition) is 0. The molecule has 0 aromatic heterocycles. The zero-order valence-corrected chi connectivity index (χ0v) is 17.7. The van der Waals surface area contributed by atoms with Crippen molar-refractivity contribution in [2.45, 2.75) is 31.7 Å². The summed E-state index contributed by atoms with van der Waals surface area (Å²) < 4.78 is 15.9. The van der Waals surface area contributed by atoms with E-state index in [1.165, 1.54) is 0 Å². The number of nitriles is 1. The van der Waals surface area contributed by atoms with Crippen LogP contribution in [0.2, 0.25) is 0 Å². The zero-order chi connectivity index (χ0) is 22.2. The van der Waals surface area contributed by atoms with Gasteiger partial charge in [0.2, 0.25) is 5.91 Å². The van der Waals surface area contributed by atoms with Gasteiger partial charge in [0.25, 0.3) is 0 Å². The summed E-state index contributed by atoms with van der Waals surface area (Å²) in [7, 11) is 3.17. The molecule has 1 heterocycles. The molecule has 162 valence electrons. The SMILES string of the molecule is COc1ccc(C2C(C(=O)OCCCC#N)CCC(=O)N2c2ccc(OC)cc2)cc1. The third-order valence-corrected chi connectivity index (χ3v) is 5.39. The molecule has 7 heteroatoms. The predicted molar refractivity (Wildman–Crippen MR) is 115 cm³/mol. The molecule has 1 aliphatic heterocycles. The van der Waals surface area contributed by atoms with E-state index in [-0.39, 0.29) is 24.9 Å². The Morgan fingerprint density at radius 1 is 1.06 bits per heavy atom. The maximum atomic E-state index is 13.0. The number of ether oxygens (including phenoxy) is 3. The Hall–Kier alpha value is -3.53. The van der Waals surface area contributed by atoms with Crippen LogP contribution in [0.15, 0.2) is 48.5 Å². The number of hydrogen-bond acceptors (Lipinski definition) is 6. The number of rotatable bonds is 8. The van der Waals surface area contributed by atoms with Gasteiger partial charge in [-0.05, 0) is 54.8 Å². The number of carbonyl (C=O) groups is 2. The highest BCUT2D eigenvalue weighted by atomic mass is 16.5. The first kappa shape index (κ1) is 22.2. The number of nitrogens with zero attached hydrogens (tertiary/aromatic N) is 2. The second kappa shape index (κ2) is 10.5. The van der Waals surface area contributed by atoms with E-state index in [2.05, 4.69) is 0 Å². The van der Waals surface area contributed by atoms with Crippen LogP contribution in [0.5, 0.6) is 11.5 Å². The van der Waals surface area contributed by atoms with E-state index in [1.54, 1.807) is 31.3 Å². The van der Waals surface area contributed by atoms with Crippen molar-refractivity contribution in [2.75, 3.05) is 25.7 Å². The number of anilines is 1. The van der Waals surface area contributed by atoms with Gasteiger partial charge in [-0.1, -0.05) is 12.1 Å². The zero-order valence-electron chi connectivity index (χ0n) is 17.7. The number of carbonyl (C=O) groups excluding carboxylic acids is 2. The van der Waals surface area contributed by atoms with Crippen LogP contribution in [0.1, 0.15) is 37.3 Å². The largest absolute Gasteiger partial charge is 0.497 e. The minimum atomic E-state index is -0.518. The molecule has 2 atom stereocenters. The van der Waals surface area contributed by atoms with Crippen LogP contribution in [0.4, 0.5) is 5.69 Å². The molecule has 0 bridgehead atoms. The van der Waals surface area contributed by atoms with E-state index in [4.69, 9.17) is 19.5 Å². The lowest BCUT2D eigenvalue weighted by Crippen LogP contribution is -2.46. The summed E-state index contributed by atoms with van der Waals surface area (Å²) in [5, 5.41) is 8.69. The minimum Gasteiger partial charge on any atom is -0.497 e. The lowest BCUT2D eigenvalue weighted by molar-refractivity contribution is -0.151. The van der Waals surface area contributed by atoms with Gasteiger partial charge in [-0.3, -0.25) is 9.59 Å². The standard InChI is InChI=1S/C24H26N2O5/c1-29-19-9-5-17(6-10-19)23-21(24(28)31-16-4-3-15-25)13-14-22(27)26(23)18-7-11-20(30-2)12-8-18/h5-12,21,23H,3-4,13-14,16H2,1-2H3. The van der Waals surface area contributed by atoms with Crippen LogP contribution in [0, 0.1) is 17.2 Å². The Bertz CT molecular complexity index is 934.